The number of ether oxygens (including phenoxy) is 1. The van der Waals surface area contributed by atoms with Crippen LogP contribution in [-0.4, -0.2) is 74.3 Å². The molecule has 0 aromatic heterocycles. The van der Waals surface area contributed by atoms with Gasteiger partial charge in [-0.05, 0) is 102 Å². The molecule has 482 valence electrons. The number of carbonyl (C=O) groups is 2. The molecule has 10 heteroatoms. The van der Waals surface area contributed by atoms with Gasteiger partial charge >= 0.3 is 13.8 Å². The van der Waals surface area contributed by atoms with Gasteiger partial charge in [0.1, 0.15) is 19.3 Å². The van der Waals surface area contributed by atoms with Crippen molar-refractivity contribution in [1.82, 2.24) is 5.32 Å². The Bertz CT molecular complexity index is 1700. The second-order valence-electron chi connectivity index (χ2n) is 24.7. The summed E-state index contributed by atoms with van der Waals surface area (Å²) in [7, 11) is 1.49. The Morgan fingerprint density at radius 3 is 1.17 bits per heavy atom. The van der Waals surface area contributed by atoms with Crippen molar-refractivity contribution in [2.24, 2.45) is 0 Å². The maximum Gasteiger partial charge on any atom is 0.472 e. The molecule has 9 nitrogen and oxygen atoms in total. The van der Waals surface area contributed by atoms with Crippen LogP contribution in [0.2, 0.25) is 0 Å². The molecule has 0 bridgehead atoms. The average molecular weight is 1180 g/mol. The third-order valence-electron chi connectivity index (χ3n) is 15.3. The van der Waals surface area contributed by atoms with E-state index in [0.29, 0.717) is 17.4 Å². The molecule has 0 saturated carbocycles. The Morgan fingerprint density at radius 1 is 0.434 bits per heavy atom. The summed E-state index contributed by atoms with van der Waals surface area (Å²) in [5, 5.41) is 3.07. The molecule has 0 rings (SSSR count). The Balaban J connectivity index is 5.10. The SMILES string of the molecule is CC/C=C\C/C=C\C/C=C\C/C=C\C/C=C\CCCCCCCCCCCCCC(=O)NC(COP(=O)(O)OCC[N+](C)(C)C)C(/C=C\CCCCCCCCCCCCC)OC(=O)CCCCCCCCC/C=C/CCCCCCCC. The van der Waals surface area contributed by atoms with Gasteiger partial charge < -0.3 is 19.4 Å². The minimum atomic E-state index is -4.46. The number of likely N-dealkylation sites (N-methyl/N-ethyl adjacent to an activating group) is 1. The third kappa shape index (κ3) is 63.5. The highest BCUT2D eigenvalue weighted by atomic mass is 31.2. The maximum absolute atomic E-state index is 13.6. The summed E-state index contributed by atoms with van der Waals surface area (Å²) < 4.78 is 30.8. The zero-order valence-corrected chi connectivity index (χ0v) is 56.1. The predicted molar refractivity (Wildman–Crippen MR) is 360 cm³/mol. The molecule has 0 aromatic carbocycles. The summed E-state index contributed by atoms with van der Waals surface area (Å²) >= 11 is 0. The number of phosphoric acid groups is 1. The lowest BCUT2D eigenvalue weighted by Gasteiger charge is -2.27. The molecule has 0 spiro atoms. The van der Waals surface area contributed by atoms with Gasteiger partial charge in [0, 0.05) is 12.8 Å². The molecule has 0 aliphatic rings. The van der Waals surface area contributed by atoms with Gasteiger partial charge in [0.2, 0.25) is 5.91 Å². The smallest absolute Gasteiger partial charge is 0.456 e. The standard InChI is InChI=1S/C73H133N2O7P/c1-7-10-13-16-19-22-25-28-30-32-33-34-35-36-37-38-39-40-41-43-44-47-50-53-56-59-62-65-72(76)74-70(69-81-83(78,79)80-68-67-75(4,5)6)71(64-61-58-55-52-49-46-27-24-21-18-15-12-9-3)82-73(77)66-63-60-57-54-51-48-45-42-31-29-26-23-20-17-14-11-8-2/h10,13,19,22,28-31,33-34,36-37,61,64,70-71H,7-9,11-12,14-18,20-21,23-27,32,35,38-60,62-63,65-69H2,1-6H3,(H-,74,76,78,79)/p+1/b13-10-,22-19-,30-28-,31-29+,34-33-,37-36-,64-61-. The Kier molecular flexibility index (Phi) is 60.1. The van der Waals surface area contributed by atoms with Gasteiger partial charge in [-0.1, -0.05) is 286 Å². The molecule has 3 unspecified atom stereocenters. The third-order valence-corrected chi connectivity index (χ3v) is 16.3. The van der Waals surface area contributed by atoms with Crippen molar-refractivity contribution in [2.45, 2.75) is 328 Å². The summed E-state index contributed by atoms with van der Waals surface area (Å²) in [6.07, 6.45) is 83.0. The molecular weight excluding hydrogens is 1050 g/mol. The number of phosphoric ester groups is 1. The fraction of sp³-hybridized carbons (Fsp3) is 0.781. The quantitative estimate of drug-likeness (QED) is 0.0205. The maximum atomic E-state index is 13.6. The molecule has 1 amide bonds. The number of nitrogens with one attached hydrogen (secondary N) is 1. The van der Waals surface area contributed by atoms with E-state index in [1.54, 1.807) is 0 Å². The molecule has 0 heterocycles. The summed E-state index contributed by atoms with van der Waals surface area (Å²) in [6, 6.07) is -0.856. The first kappa shape index (κ1) is 80.2. The van der Waals surface area contributed by atoms with Crippen molar-refractivity contribution in [3.05, 3.63) is 85.1 Å². The lowest BCUT2D eigenvalue weighted by molar-refractivity contribution is -0.870. The van der Waals surface area contributed by atoms with E-state index in [2.05, 4.69) is 99.0 Å². The number of unbranched alkanes of at least 4 members (excludes halogenated alkanes) is 35. The van der Waals surface area contributed by atoms with Crippen LogP contribution in [0.1, 0.15) is 316 Å². The Morgan fingerprint density at radius 2 is 0.771 bits per heavy atom. The first-order valence-electron chi connectivity index (χ1n) is 34.9. The first-order valence-corrected chi connectivity index (χ1v) is 36.4. The number of rotatable bonds is 63. The largest absolute Gasteiger partial charge is 0.472 e. The van der Waals surface area contributed by atoms with Gasteiger partial charge in [-0.2, -0.15) is 0 Å². The van der Waals surface area contributed by atoms with Crippen LogP contribution in [0.3, 0.4) is 0 Å². The molecule has 0 saturated heterocycles. The Labute approximate surface area is 514 Å². The fourth-order valence-electron chi connectivity index (χ4n) is 9.96. The zero-order chi connectivity index (χ0) is 60.7. The molecule has 83 heavy (non-hydrogen) atoms. The molecule has 0 fully saturated rings. The van der Waals surface area contributed by atoms with E-state index in [4.69, 9.17) is 13.8 Å². The van der Waals surface area contributed by atoms with Crippen molar-refractivity contribution in [1.29, 1.82) is 0 Å². The summed E-state index contributed by atoms with van der Waals surface area (Å²) in [6.45, 7) is 6.92. The van der Waals surface area contributed by atoms with Crippen molar-refractivity contribution in [2.75, 3.05) is 40.9 Å². The molecule has 0 aliphatic carbocycles. The van der Waals surface area contributed by atoms with Crippen LogP contribution < -0.4 is 5.32 Å². The van der Waals surface area contributed by atoms with E-state index < -0.39 is 20.0 Å². The molecule has 3 atom stereocenters. The van der Waals surface area contributed by atoms with Crippen molar-refractivity contribution < 1.29 is 37.3 Å². The number of nitrogens with zero attached hydrogens (tertiary/aromatic N) is 1. The molecule has 0 aromatic rings. The van der Waals surface area contributed by atoms with Gasteiger partial charge in [0.15, 0.2) is 0 Å². The summed E-state index contributed by atoms with van der Waals surface area (Å²) in [5.41, 5.74) is 0. The predicted octanol–water partition coefficient (Wildman–Crippen LogP) is 22.1. The van der Waals surface area contributed by atoms with E-state index in [0.717, 1.165) is 96.3 Å². The average Bonchev–Trinajstić information content (AvgIpc) is 3.47. The van der Waals surface area contributed by atoms with E-state index in [1.165, 1.54) is 186 Å². The number of amides is 1. The van der Waals surface area contributed by atoms with Crippen molar-refractivity contribution in [3.8, 4) is 0 Å². The fourth-order valence-corrected chi connectivity index (χ4v) is 10.7. The van der Waals surface area contributed by atoms with Crippen LogP contribution in [0.4, 0.5) is 0 Å². The molecular formula is C73H134N2O7P+. The van der Waals surface area contributed by atoms with E-state index in [9.17, 15) is 19.0 Å². The number of carbonyl (C=O) groups excluding carboxylic acids is 2. The lowest BCUT2D eigenvalue weighted by Crippen LogP contribution is -2.47. The summed E-state index contributed by atoms with van der Waals surface area (Å²) in [5.74, 6) is -0.507. The number of esters is 1. The van der Waals surface area contributed by atoms with Gasteiger partial charge in [0.05, 0.1) is 33.8 Å². The second kappa shape index (κ2) is 62.2. The highest BCUT2D eigenvalue weighted by molar-refractivity contribution is 7.47. The number of quaternary nitrogens is 1. The summed E-state index contributed by atoms with van der Waals surface area (Å²) in [4.78, 5) is 37.9. The second-order valence-corrected chi connectivity index (χ2v) is 26.1. The van der Waals surface area contributed by atoms with Crippen LogP contribution in [0.15, 0.2) is 85.1 Å². The van der Waals surface area contributed by atoms with Crippen molar-refractivity contribution in [3.63, 3.8) is 0 Å². The van der Waals surface area contributed by atoms with E-state index >= 15 is 0 Å². The monoisotopic (exact) mass is 1180 g/mol. The van der Waals surface area contributed by atoms with Crippen molar-refractivity contribution >= 4 is 19.7 Å². The number of hydrogen-bond acceptors (Lipinski definition) is 6. The van der Waals surface area contributed by atoms with Gasteiger partial charge in [-0.3, -0.25) is 18.6 Å². The Hall–Kier alpha value is -2.81. The number of allylic oxidation sites excluding steroid dienone is 13. The van der Waals surface area contributed by atoms with Gasteiger partial charge in [-0.25, -0.2) is 4.57 Å². The zero-order valence-electron chi connectivity index (χ0n) is 55.2. The van der Waals surface area contributed by atoms with Crippen LogP contribution in [0, 0.1) is 0 Å². The highest BCUT2D eigenvalue weighted by Gasteiger charge is 2.30. The minimum Gasteiger partial charge on any atom is -0.456 e. The van der Waals surface area contributed by atoms with Crippen LogP contribution in [-0.2, 0) is 27.9 Å². The lowest BCUT2D eigenvalue weighted by atomic mass is 10.0. The molecule has 2 N–H and O–H groups in total. The van der Waals surface area contributed by atoms with E-state index in [1.807, 2.05) is 33.3 Å². The normalized spacial score (nSPS) is 14.1. The number of hydrogen-bond donors (Lipinski definition) is 2. The minimum absolute atomic E-state index is 0.0370. The van der Waals surface area contributed by atoms with Crippen LogP contribution in [0.25, 0.3) is 0 Å². The first-order chi connectivity index (χ1) is 40.4. The highest BCUT2D eigenvalue weighted by Crippen LogP contribution is 2.43. The molecule has 0 radical (unpaired) electrons. The van der Waals surface area contributed by atoms with Gasteiger partial charge in [0.25, 0.3) is 0 Å². The van der Waals surface area contributed by atoms with Crippen LogP contribution >= 0.6 is 7.82 Å². The van der Waals surface area contributed by atoms with Gasteiger partial charge in [-0.15, -0.1) is 0 Å². The molecule has 0 aliphatic heterocycles. The van der Waals surface area contributed by atoms with E-state index in [-0.39, 0.29) is 31.5 Å². The topological polar surface area (TPSA) is 111 Å². The van der Waals surface area contributed by atoms with Crippen LogP contribution in [0.5, 0.6) is 0 Å².